The third-order valence-corrected chi connectivity index (χ3v) is 8.88. The number of aliphatic imine (C=N–C) groups is 2. The van der Waals surface area contributed by atoms with Crippen molar-refractivity contribution in [2.75, 3.05) is 29.9 Å². The van der Waals surface area contributed by atoms with E-state index < -0.39 is 0 Å². The molecule has 0 fully saturated rings. The molecule has 262 valence electrons. The summed E-state index contributed by atoms with van der Waals surface area (Å²) >= 11 is 0. The minimum absolute atomic E-state index is 0.458. The van der Waals surface area contributed by atoms with Gasteiger partial charge in [0.15, 0.2) is 16.7 Å². The van der Waals surface area contributed by atoms with Gasteiger partial charge in [-0.25, -0.2) is 29.9 Å². The van der Waals surface area contributed by atoms with Crippen LogP contribution in [-0.4, -0.2) is 45.0 Å². The fourth-order valence-corrected chi connectivity index (χ4v) is 6.24. The van der Waals surface area contributed by atoms with Gasteiger partial charge in [0.1, 0.15) is 34.6 Å². The summed E-state index contributed by atoms with van der Waals surface area (Å²) in [5, 5.41) is 9.05. The number of nitrogens with zero attached hydrogens (tertiary/aromatic N) is 7. The highest BCUT2D eigenvalue weighted by molar-refractivity contribution is 6.32. The normalized spacial score (nSPS) is 13.5. The number of quaternary nitrogens is 1. The Morgan fingerprint density at radius 3 is 2.12 bits per heavy atom. The number of aromatic nitrogens is 5. The number of benzene rings is 2. The Balaban J connectivity index is 0.822. The van der Waals surface area contributed by atoms with Crippen molar-refractivity contribution in [3.05, 3.63) is 109 Å². The number of fused-ring (bicyclic) bond motifs is 2. The van der Waals surface area contributed by atoms with Crippen molar-refractivity contribution < 1.29 is 9.88 Å². The van der Waals surface area contributed by atoms with Gasteiger partial charge in [-0.3, -0.25) is 5.32 Å². The lowest BCUT2D eigenvalue weighted by molar-refractivity contribution is -0.538. The maximum atomic E-state index is 6.07. The summed E-state index contributed by atoms with van der Waals surface area (Å²) in [7, 11) is 0. The highest BCUT2D eigenvalue weighted by Gasteiger charge is 2.21. The monoisotopic (exact) mass is 692 g/mol. The van der Waals surface area contributed by atoms with Crippen LogP contribution in [0.2, 0.25) is 0 Å². The molecule has 52 heavy (non-hydrogen) atoms. The number of hydrogen-bond donors (Lipinski definition) is 5. The Hall–Kier alpha value is -6.27. The number of nitrogens with two attached hydrogens (primary N) is 3. The topological polar surface area (TPSA) is 173 Å². The summed E-state index contributed by atoms with van der Waals surface area (Å²) in [6.07, 6.45) is 16.8. The molecule has 0 radical (unpaired) electrons. The number of nitrogen functional groups attached to an aromatic ring is 2. The molecular formula is C40H44N12+2. The van der Waals surface area contributed by atoms with Crippen molar-refractivity contribution in [3.63, 3.8) is 0 Å². The summed E-state index contributed by atoms with van der Waals surface area (Å²) in [6.45, 7) is 1.77. The Labute approximate surface area is 302 Å². The number of para-hydroxylation sites is 2. The largest absolute Gasteiger partial charge is 0.384 e. The second-order valence-corrected chi connectivity index (χ2v) is 12.8. The molecule has 1 aliphatic rings. The molecule has 0 atom stereocenters. The summed E-state index contributed by atoms with van der Waals surface area (Å²) in [5.41, 5.74) is 20.2. The van der Waals surface area contributed by atoms with E-state index in [0.29, 0.717) is 18.1 Å². The van der Waals surface area contributed by atoms with Gasteiger partial charge in [0.2, 0.25) is 16.7 Å². The number of nitrogens with one attached hydrogen (secondary N) is 2. The van der Waals surface area contributed by atoms with E-state index in [4.69, 9.17) is 21.4 Å². The molecule has 4 aromatic heterocycles. The van der Waals surface area contributed by atoms with E-state index in [0.717, 1.165) is 88.1 Å². The molecule has 0 saturated carbocycles. The van der Waals surface area contributed by atoms with Crippen molar-refractivity contribution in [1.29, 1.82) is 0 Å². The first-order chi connectivity index (χ1) is 25.6. The smallest absolute Gasteiger partial charge is 0.242 e. The van der Waals surface area contributed by atoms with Crippen LogP contribution in [0.15, 0.2) is 119 Å². The fraction of sp³-hybridized carbons (Fsp3) is 0.225. The molecular weight excluding hydrogens is 649 g/mol. The van der Waals surface area contributed by atoms with E-state index in [1.807, 2.05) is 60.9 Å². The van der Waals surface area contributed by atoms with Gasteiger partial charge in [0.05, 0.1) is 42.6 Å². The molecule has 0 bridgehead atoms. The number of unbranched alkanes of at least 4 members (excludes halogenated alkanes) is 5. The van der Waals surface area contributed by atoms with Gasteiger partial charge in [0.25, 0.3) is 0 Å². The molecule has 12 nitrogen and oxygen atoms in total. The minimum Gasteiger partial charge on any atom is -0.384 e. The van der Waals surface area contributed by atoms with Crippen LogP contribution in [0.1, 0.15) is 44.9 Å². The summed E-state index contributed by atoms with van der Waals surface area (Å²) in [6, 6.07) is 26.1. The molecule has 6 aromatic rings. The van der Waals surface area contributed by atoms with Crippen LogP contribution in [-0.2, 0) is 0 Å². The number of allylic oxidation sites excluding steroid dienone is 1. The van der Waals surface area contributed by atoms with E-state index in [1.54, 1.807) is 12.4 Å². The van der Waals surface area contributed by atoms with Crippen molar-refractivity contribution in [2.24, 2.45) is 9.98 Å². The Morgan fingerprint density at radius 1 is 0.712 bits per heavy atom. The third kappa shape index (κ3) is 8.71. The Kier molecular flexibility index (Phi) is 10.9. The average molecular weight is 693 g/mol. The molecule has 2 aromatic carbocycles. The molecule has 5 heterocycles. The highest BCUT2D eigenvalue weighted by atomic mass is 15.1. The van der Waals surface area contributed by atoms with Crippen LogP contribution in [0.4, 0.5) is 34.5 Å². The van der Waals surface area contributed by atoms with Crippen LogP contribution in [0.3, 0.4) is 0 Å². The zero-order valence-corrected chi connectivity index (χ0v) is 29.1. The summed E-state index contributed by atoms with van der Waals surface area (Å²) in [4.78, 5) is 27.4. The van der Waals surface area contributed by atoms with Crippen molar-refractivity contribution in [3.8, 4) is 5.69 Å². The van der Waals surface area contributed by atoms with Crippen LogP contribution in [0.25, 0.3) is 27.8 Å². The van der Waals surface area contributed by atoms with Gasteiger partial charge in [0, 0.05) is 37.7 Å². The molecule has 8 N–H and O–H groups in total. The van der Waals surface area contributed by atoms with Gasteiger partial charge in [-0.15, -0.1) is 4.57 Å². The SMILES string of the molecule is Nc1cc([NH2+]c2ccccc2)c(N=C2C=NC(NCCCCCCCCNc3cc4c(cn3)nc3cnc(N)cc3[n+]4-c3ccccc3)=CC2)cn1. The molecule has 1 aliphatic heterocycles. The zero-order valence-electron chi connectivity index (χ0n) is 29.1. The predicted molar refractivity (Wildman–Crippen MR) is 210 cm³/mol. The average Bonchev–Trinajstić information content (AvgIpc) is 3.17. The zero-order chi connectivity index (χ0) is 35.5. The van der Waals surface area contributed by atoms with Crippen LogP contribution >= 0.6 is 0 Å². The van der Waals surface area contributed by atoms with E-state index in [-0.39, 0.29) is 0 Å². The predicted octanol–water partition coefficient (Wildman–Crippen LogP) is 5.97. The number of hydrogen-bond acceptors (Lipinski definition) is 10. The van der Waals surface area contributed by atoms with Crippen LogP contribution in [0, 0.1) is 0 Å². The third-order valence-electron chi connectivity index (χ3n) is 8.88. The van der Waals surface area contributed by atoms with E-state index >= 15 is 0 Å². The number of pyridine rings is 3. The van der Waals surface area contributed by atoms with Crippen molar-refractivity contribution in [1.82, 2.24) is 25.3 Å². The Bertz CT molecular complexity index is 2230. The summed E-state index contributed by atoms with van der Waals surface area (Å²) in [5.74, 6) is 2.66. The first-order valence-corrected chi connectivity index (χ1v) is 17.9. The van der Waals surface area contributed by atoms with Gasteiger partial charge < -0.3 is 22.1 Å². The highest BCUT2D eigenvalue weighted by Crippen LogP contribution is 2.24. The van der Waals surface area contributed by atoms with Gasteiger partial charge >= 0.3 is 0 Å². The van der Waals surface area contributed by atoms with Gasteiger partial charge in [-0.2, -0.15) is 0 Å². The fourth-order valence-electron chi connectivity index (χ4n) is 6.24. The second-order valence-electron chi connectivity index (χ2n) is 12.8. The van der Waals surface area contributed by atoms with E-state index in [1.165, 1.54) is 25.7 Å². The molecule has 0 unspecified atom stereocenters. The lowest BCUT2D eigenvalue weighted by Crippen LogP contribution is -2.71. The van der Waals surface area contributed by atoms with Crippen molar-refractivity contribution >= 4 is 68.5 Å². The van der Waals surface area contributed by atoms with Crippen molar-refractivity contribution in [2.45, 2.75) is 44.9 Å². The first kappa shape index (κ1) is 34.2. The van der Waals surface area contributed by atoms with Gasteiger partial charge in [-0.05, 0) is 31.1 Å². The lowest BCUT2D eigenvalue weighted by atomic mass is 10.1. The molecule has 0 amide bonds. The standard InChI is InChI=1S/C40H42N12/c41-37-21-31(49-28-13-7-5-8-14-28)32(25-45-37)50-29-17-18-39(47-24-29)43-19-11-3-1-2-4-12-20-44-40-23-36-34(27-48-40)51-33-26-46-38(42)22-35(33)52(36)30-15-9-6-10-16-30/h5-10,13-16,18,21-27,43H,1-4,11-12,17,19-20H2,(H5,41,42,44,45,46,47,48,49)/p+2. The maximum Gasteiger partial charge on any atom is 0.242 e. The molecule has 0 spiro atoms. The van der Waals surface area contributed by atoms with Crippen LogP contribution < -0.4 is 32.0 Å². The van der Waals surface area contributed by atoms with E-state index in [9.17, 15) is 0 Å². The van der Waals surface area contributed by atoms with E-state index in [2.05, 4.69) is 76.9 Å². The molecule has 0 aliphatic carbocycles. The maximum absolute atomic E-state index is 6.07. The second kappa shape index (κ2) is 16.6. The lowest BCUT2D eigenvalue weighted by Gasteiger charge is -2.11. The number of rotatable bonds is 15. The molecule has 7 rings (SSSR count). The van der Waals surface area contributed by atoms with Crippen LogP contribution in [0.5, 0.6) is 0 Å². The first-order valence-electron chi connectivity index (χ1n) is 17.9. The molecule has 0 saturated heterocycles. The molecule has 12 heteroatoms. The number of anilines is 3. The minimum atomic E-state index is 0.458. The Morgan fingerprint density at radius 2 is 1.37 bits per heavy atom. The quantitative estimate of drug-likeness (QED) is 0.0379. The van der Waals surface area contributed by atoms with Gasteiger partial charge in [-0.1, -0.05) is 62.1 Å². The summed E-state index contributed by atoms with van der Waals surface area (Å²) < 4.78 is 2.17.